The molecule has 5 nitrogen and oxygen atoms in total. The van der Waals surface area contributed by atoms with Crippen molar-refractivity contribution in [3.8, 4) is 11.8 Å². The van der Waals surface area contributed by atoms with Crippen molar-refractivity contribution in [3.63, 3.8) is 0 Å². The van der Waals surface area contributed by atoms with E-state index in [1.165, 1.54) is 18.3 Å². The first-order valence-corrected chi connectivity index (χ1v) is 5.98. The first kappa shape index (κ1) is 13.6. The maximum atomic E-state index is 12.0. The molecule has 4 N–H and O–H groups in total. The fourth-order valence-electron chi connectivity index (χ4n) is 1.58. The van der Waals surface area contributed by atoms with E-state index in [4.69, 9.17) is 5.73 Å². The van der Waals surface area contributed by atoms with E-state index in [1.54, 1.807) is 18.2 Å². The van der Waals surface area contributed by atoms with Gasteiger partial charge in [0.1, 0.15) is 0 Å². The number of carbonyl (C=O) groups is 1. The number of amides is 1. The predicted octanol–water partition coefficient (Wildman–Crippen LogP) is 0.937. The molecule has 0 aliphatic rings. The number of aromatic amines is 1. The third kappa shape index (κ3) is 3.57. The number of aromatic nitrogens is 1. The summed E-state index contributed by atoms with van der Waals surface area (Å²) in [4.78, 5) is 25.3. The lowest BCUT2D eigenvalue weighted by Gasteiger charge is -2.05. The predicted molar refractivity (Wildman–Crippen MR) is 77.4 cm³/mol. The molecule has 0 spiro atoms. The Balaban J connectivity index is 2.15. The van der Waals surface area contributed by atoms with Gasteiger partial charge >= 0.3 is 0 Å². The van der Waals surface area contributed by atoms with E-state index in [-0.39, 0.29) is 18.0 Å². The van der Waals surface area contributed by atoms with Crippen molar-refractivity contribution in [2.24, 2.45) is 5.73 Å². The van der Waals surface area contributed by atoms with Crippen LogP contribution in [0.25, 0.3) is 0 Å². The molecule has 0 radical (unpaired) electrons. The van der Waals surface area contributed by atoms with Gasteiger partial charge in [-0.1, -0.05) is 17.9 Å². The zero-order chi connectivity index (χ0) is 14.4. The van der Waals surface area contributed by atoms with Crippen LogP contribution in [0.15, 0.2) is 47.4 Å². The van der Waals surface area contributed by atoms with Gasteiger partial charge in [-0.15, -0.1) is 0 Å². The van der Waals surface area contributed by atoms with Crippen molar-refractivity contribution >= 4 is 11.6 Å². The van der Waals surface area contributed by atoms with Crippen LogP contribution in [-0.4, -0.2) is 17.4 Å². The van der Waals surface area contributed by atoms with E-state index in [1.807, 2.05) is 6.07 Å². The number of benzene rings is 1. The lowest BCUT2D eigenvalue weighted by molar-refractivity contribution is 0.102. The normalized spacial score (nSPS) is 9.45. The summed E-state index contributed by atoms with van der Waals surface area (Å²) in [5.41, 5.74) is 6.84. The topological polar surface area (TPSA) is 88.0 Å². The minimum absolute atomic E-state index is 0.249. The average molecular weight is 267 g/mol. The Labute approximate surface area is 115 Å². The Morgan fingerprint density at radius 1 is 1.30 bits per heavy atom. The maximum absolute atomic E-state index is 12.0. The molecule has 2 rings (SSSR count). The highest BCUT2D eigenvalue weighted by molar-refractivity contribution is 6.04. The molecule has 20 heavy (non-hydrogen) atoms. The van der Waals surface area contributed by atoms with Gasteiger partial charge in [-0.05, 0) is 24.3 Å². The molecule has 0 aliphatic carbocycles. The number of pyridine rings is 1. The average Bonchev–Trinajstić information content (AvgIpc) is 2.46. The van der Waals surface area contributed by atoms with Crippen LogP contribution in [0.1, 0.15) is 15.9 Å². The third-order valence-corrected chi connectivity index (χ3v) is 2.50. The third-order valence-electron chi connectivity index (χ3n) is 2.50. The molecule has 1 aromatic heterocycles. The molecule has 5 heteroatoms. The Hall–Kier alpha value is -2.84. The number of rotatable bonds is 2. The summed E-state index contributed by atoms with van der Waals surface area (Å²) < 4.78 is 0. The quantitative estimate of drug-likeness (QED) is 0.707. The molecule has 1 amide bonds. The standard InChI is InChI=1S/C15H13N3O2/c16-8-2-4-11-3-1-5-13(9-11)18-15(20)12-6-7-14(19)17-10-12/h1,3,5-7,9-10H,8,16H2,(H,17,19)(H,18,20). The second kappa shape index (κ2) is 6.36. The largest absolute Gasteiger partial charge is 0.328 e. The minimum atomic E-state index is -0.301. The summed E-state index contributed by atoms with van der Waals surface area (Å²) in [6.07, 6.45) is 1.37. The van der Waals surface area contributed by atoms with E-state index >= 15 is 0 Å². The van der Waals surface area contributed by atoms with Crippen molar-refractivity contribution in [3.05, 3.63) is 64.1 Å². The number of nitrogens with one attached hydrogen (secondary N) is 2. The number of H-pyrrole nitrogens is 1. The molecule has 0 fully saturated rings. The summed E-state index contributed by atoms with van der Waals surface area (Å²) in [7, 11) is 0. The highest BCUT2D eigenvalue weighted by atomic mass is 16.1. The van der Waals surface area contributed by atoms with E-state index in [0.29, 0.717) is 11.3 Å². The summed E-state index contributed by atoms with van der Waals surface area (Å²) in [5.74, 6) is 5.34. The van der Waals surface area contributed by atoms with Crippen LogP contribution in [0.3, 0.4) is 0 Å². The van der Waals surface area contributed by atoms with E-state index in [2.05, 4.69) is 22.1 Å². The lowest BCUT2D eigenvalue weighted by Crippen LogP contribution is -2.14. The zero-order valence-corrected chi connectivity index (χ0v) is 10.6. The van der Waals surface area contributed by atoms with Crippen molar-refractivity contribution in [1.82, 2.24) is 4.98 Å². The van der Waals surface area contributed by atoms with Crippen LogP contribution in [0, 0.1) is 11.8 Å². The highest BCUT2D eigenvalue weighted by Crippen LogP contribution is 2.11. The molecule has 0 unspecified atom stereocenters. The Kier molecular flexibility index (Phi) is 4.32. The molecular formula is C15H13N3O2. The van der Waals surface area contributed by atoms with Gasteiger partial charge in [0.15, 0.2) is 0 Å². The summed E-state index contributed by atoms with van der Waals surface area (Å²) >= 11 is 0. The minimum Gasteiger partial charge on any atom is -0.328 e. The maximum Gasteiger partial charge on any atom is 0.257 e. The first-order chi connectivity index (χ1) is 9.69. The number of hydrogen-bond donors (Lipinski definition) is 3. The molecular weight excluding hydrogens is 254 g/mol. The highest BCUT2D eigenvalue weighted by Gasteiger charge is 2.05. The molecule has 1 aromatic carbocycles. The van der Waals surface area contributed by atoms with Crippen LogP contribution < -0.4 is 16.6 Å². The van der Waals surface area contributed by atoms with E-state index in [9.17, 15) is 9.59 Å². The lowest BCUT2D eigenvalue weighted by atomic mass is 10.2. The van der Waals surface area contributed by atoms with Gasteiger partial charge in [0, 0.05) is 23.5 Å². The molecule has 0 bridgehead atoms. The molecule has 2 aromatic rings. The summed E-state index contributed by atoms with van der Waals surface area (Å²) in [6.45, 7) is 0.286. The Morgan fingerprint density at radius 3 is 2.85 bits per heavy atom. The van der Waals surface area contributed by atoms with Crippen molar-refractivity contribution in [2.75, 3.05) is 11.9 Å². The van der Waals surface area contributed by atoms with Crippen LogP contribution >= 0.6 is 0 Å². The molecule has 0 saturated heterocycles. The molecule has 1 heterocycles. The zero-order valence-electron chi connectivity index (χ0n) is 10.6. The fraction of sp³-hybridized carbons (Fsp3) is 0.0667. The van der Waals surface area contributed by atoms with Crippen LogP contribution in [0.5, 0.6) is 0 Å². The second-order valence-electron chi connectivity index (χ2n) is 3.98. The van der Waals surface area contributed by atoms with Gasteiger partial charge in [0.05, 0.1) is 12.1 Å². The molecule has 0 saturated carbocycles. The van der Waals surface area contributed by atoms with Gasteiger partial charge in [-0.2, -0.15) is 0 Å². The Morgan fingerprint density at radius 2 is 2.15 bits per heavy atom. The smallest absolute Gasteiger partial charge is 0.257 e. The van der Waals surface area contributed by atoms with Crippen molar-refractivity contribution in [1.29, 1.82) is 0 Å². The van der Waals surface area contributed by atoms with Crippen LogP contribution in [-0.2, 0) is 0 Å². The van der Waals surface area contributed by atoms with Gasteiger partial charge in [0.2, 0.25) is 5.56 Å². The fourth-order valence-corrected chi connectivity index (χ4v) is 1.58. The van der Waals surface area contributed by atoms with E-state index < -0.39 is 0 Å². The SMILES string of the molecule is NCC#Cc1cccc(NC(=O)c2ccc(=O)[nH]c2)c1. The molecule has 0 aliphatic heterocycles. The van der Waals surface area contributed by atoms with E-state index in [0.717, 1.165) is 5.56 Å². The number of hydrogen-bond acceptors (Lipinski definition) is 3. The first-order valence-electron chi connectivity index (χ1n) is 5.98. The van der Waals surface area contributed by atoms with Crippen molar-refractivity contribution < 1.29 is 4.79 Å². The number of anilines is 1. The van der Waals surface area contributed by atoms with Crippen LogP contribution in [0.4, 0.5) is 5.69 Å². The summed E-state index contributed by atoms with van der Waals surface area (Å²) in [5, 5.41) is 2.73. The van der Waals surface area contributed by atoms with Crippen LogP contribution in [0.2, 0.25) is 0 Å². The van der Waals surface area contributed by atoms with Gasteiger partial charge in [0.25, 0.3) is 5.91 Å². The monoisotopic (exact) mass is 267 g/mol. The second-order valence-corrected chi connectivity index (χ2v) is 3.98. The number of carbonyl (C=O) groups excluding carboxylic acids is 1. The summed E-state index contributed by atoms with van der Waals surface area (Å²) in [6, 6.07) is 9.91. The van der Waals surface area contributed by atoms with Crippen molar-refractivity contribution in [2.45, 2.75) is 0 Å². The van der Waals surface area contributed by atoms with Gasteiger partial charge in [-0.3, -0.25) is 9.59 Å². The van der Waals surface area contributed by atoms with Gasteiger partial charge in [-0.25, -0.2) is 0 Å². The Bertz CT molecular complexity index is 718. The number of nitrogens with two attached hydrogens (primary N) is 1. The molecule has 100 valence electrons. The molecule has 0 atom stereocenters. The van der Waals surface area contributed by atoms with Gasteiger partial charge < -0.3 is 16.0 Å².